The Bertz CT molecular complexity index is 433. The van der Waals surface area contributed by atoms with Crippen LogP contribution in [0.5, 0.6) is 0 Å². The van der Waals surface area contributed by atoms with Gasteiger partial charge in [0.1, 0.15) is 6.54 Å². The molecule has 96 valence electrons. The van der Waals surface area contributed by atoms with E-state index in [-0.39, 0.29) is 18.9 Å². The van der Waals surface area contributed by atoms with Crippen LogP contribution in [0, 0.1) is 0 Å². The number of hydrogen-bond donors (Lipinski definition) is 3. The van der Waals surface area contributed by atoms with E-state index in [2.05, 4.69) is 15.6 Å². The summed E-state index contributed by atoms with van der Waals surface area (Å²) in [6.07, 6.45) is 3.28. The molecule has 0 saturated carbocycles. The van der Waals surface area contributed by atoms with Crippen molar-refractivity contribution in [1.82, 2.24) is 15.6 Å². The van der Waals surface area contributed by atoms with Gasteiger partial charge in [-0.3, -0.25) is 19.4 Å². The van der Waals surface area contributed by atoms with Crippen molar-refractivity contribution in [2.45, 2.75) is 6.42 Å². The first-order valence-corrected chi connectivity index (χ1v) is 5.22. The minimum absolute atomic E-state index is 0.125. The summed E-state index contributed by atoms with van der Waals surface area (Å²) >= 11 is 0. The zero-order chi connectivity index (χ0) is 13.4. The molecule has 0 spiro atoms. The highest BCUT2D eigenvalue weighted by atomic mass is 16.4. The number of aromatic nitrogens is 1. The molecule has 7 heteroatoms. The van der Waals surface area contributed by atoms with Crippen LogP contribution in [0.4, 0.5) is 0 Å². The van der Waals surface area contributed by atoms with Crippen molar-refractivity contribution < 1.29 is 19.5 Å². The minimum atomic E-state index is -1.13. The lowest BCUT2D eigenvalue weighted by Crippen LogP contribution is -2.39. The fourth-order valence-electron chi connectivity index (χ4n) is 1.17. The van der Waals surface area contributed by atoms with Gasteiger partial charge >= 0.3 is 5.97 Å². The molecule has 0 radical (unpaired) electrons. The van der Waals surface area contributed by atoms with E-state index in [0.29, 0.717) is 0 Å². The second-order valence-corrected chi connectivity index (χ2v) is 3.49. The Morgan fingerprint density at radius 3 is 2.50 bits per heavy atom. The maximum atomic E-state index is 11.4. The third-order valence-electron chi connectivity index (χ3n) is 1.97. The van der Waals surface area contributed by atoms with Crippen LogP contribution < -0.4 is 10.6 Å². The van der Waals surface area contributed by atoms with Crippen molar-refractivity contribution in [1.29, 1.82) is 0 Å². The minimum Gasteiger partial charge on any atom is -0.480 e. The predicted octanol–water partition coefficient (Wildman–Crippen LogP) is -1.06. The van der Waals surface area contributed by atoms with Crippen LogP contribution in [0.3, 0.4) is 0 Å². The van der Waals surface area contributed by atoms with Gasteiger partial charge in [0.05, 0.1) is 13.0 Å². The summed E-state index contributed by atoms with van der Waals surface area (Å²) in [5.74, 6) is -2.00. The van der Waals surface area contributed by atoms with Crippen molar-refractivity contribution in [3.63, 3.8) is 0 Å². The molecule has 1 heterocycles. The number of carboxylic acid groups (broad SMARTS) is 1. The molecule has 18 heavy (non-hydrogen) atoms. The normalized spacial score (nSPS) is 9.56. The Balaban J connectivity index is 2.25. The first-order valence-electron chi connectivity index (χ1n) is 5.22. The van der Waals surface area contributed by atoms with E-state index in [1.807, 2.05) is 0 Å². The van der Waals surface area contributed by atoms with E-state index >= 15 is 0 Å². The average Bonchev–Trinajstić information content (AvgIpc) is 2.35. The molecule has 0 aromatic carbocycles. The summed E-state index contributed by atoms with van der Waals surface area (Å²) in [6, 6.07) is 3.46. The number of carbonyl (C=O) groups excluding carboxylic acids is 2. The van der Waals surface area contributed by atoms with E-state index in [0.717, 1.165) is 5.56 Å². The summed E-state index contributed by atoms with van der Waals surface area (Å²) in [6.45, 7) is -0.705. The fraction of sp³-hybridized carbons (Fsp3) is 0.273. The SMILES string of the molecule is O=C(O)CNC(=O)CNC(=O)Cc1cccnc1. The number of carboxylic acids is 1. The van der Waals surface area contributed by atoms with E-state index in [4.69, 9.17) is 5.11 Å². The summed E-state index contributed by atoms with van der Waals surface area (Å²) < 4.78 is 0. The Hall–Kier alpha value is -2.44. The summed E-state index contributed by atoms with van der Waals surface area (Å²) in [7, 11) is 0. The molecule has 0 aliphatic heterocycles. The number of amides is 2. The highest BCUT2D eigenvalue weighted by Gasteiger charge is 2.07. The van der Waals surface area contributed by atoms with Crippen LogP contribution in [0.2, 0.25) is 0 Å². The Morgan fingerprint density at radius 2 is 1.89 bits per heavy atom. The van der Waals surface area contributed by atoms with Crippen LogP contribution in [-0.2, 0) is 20.8 Å². The Kier molecular flexibility index (Phi) is 5.30. The quantitative estimate of drug-likeness (QED) is 0.597. The summed E-state index contributed by atoms with van der Waals surface area (Å²) in [5.41, 5.74) is 0.737. The molecule has 0 saturated heterocycles. The summed E-state index contributed by atoms with van der Waals surface area (Å²) in [4.78, 5) is 36.6. The number of nitrogens with one attached hydrogen (secondary N) is 2. The molecule has 0 unspecified atom stereocenters. The lowest BCUT2D eigenvalue weighted by molar-refractivity contribution is -0.137. The standard InChI is InChI=1S/C11H13N3O4/c15-9(4-8-2-1-3-12-5-8)13-6-10(16)14-7-11(17)18/h1-3,5H,4,6-7H2,(H,13,15)(H,14,16)(H,17,18). The largest absolute Gasteiger partial charge is 0.480 e. The van der Waals surface area contributed by atoms with E-state index in [1.54, 1.807) is 24.5 Å². The molecular weight excluding hydrogens is 238 g/mol. The smallest absolute Gasteiger partial charge is 0.322 e. The number of pyridine rings is 1. The maximum Gasteiger partial charge on any atom is 0.322 e. The molecule has 1 aromatic heterocycles. The van der Waals surface area contributed by atoms with Crippen LogP contribution in [0.1, 0.15) is 5.56 Å². The van der Waals surface area contributed by atoms with Crippen LogP contribution in [0.15, 0.2) is 24.5 Å². The van der Waals surface area contributed by atoms with Crippen molar-refractivity contribution in [2.24, 2.45) is 0 Å². The number of carbonyl (C=O) groups is 3. The van der Waals surface area contributed by atoms with E-state index in [9.17, 15) is 14.4 Å². The molecule has 7 nitrogen and oxygen atoms in total. The van der Waals surface area contributed by atoms with Crippen LogP contribution >= 0.6 is 0 Å². The van der Waals surface area contributed by atoms with Crippen molar-refractivity contribution in [2.75, 3.05) is 13.1 Å². The zero-order valence-electron chi connectivity index (χ0n) is 9.55. The molecule has 1 aromatic rings. The second-order valence-electron chi connectivity index (χ2n) is 3.49. The molecule has 0 aliphatic rings. The first kappa shape index (κ1) is 13.6. The van der Waals surface area contributed by atoms with Crippen molar-refractivity contribution in [3.05, 3.63) is 30.1 Å². The topological polar surface area (TPSA) is 108 Å². The number of nitrogens with zero attached hydrogens (tertiary/aromatic N) is 1. The van der Waals surface area contributed by atoms with Crippen LogP contribution in [0.25, 0.3) is 0 Å². The molecule has 0 aliphatic carbocycles. The van der Waals surface area contributed by atoms with Gasteiger partial charge in [-0.1, -0.05) is 6.07 Å². The van der Waals surface area contributed by atoms with Gasteiger partial charge in [0.15, 0.2) is 0 Å². The predicted molar refractivity (Wildman–Crippen MR) is 61.6 cm³/mol. The van der Waals surface area contributed by atoms with E-state index in [1.165, 1.54) is 0 Å². The number of hydrogen-bond acceptors (Lipinski definition) is 4. The molecule has 2 amide bonds. The van der Waals surface area contributed by atoms with Crippen molar-refractivity contribution >= 4 is 17.8 Å². The third kappa shape index (κ3) is 5.59. The molecule has 1 rings (SSSR count). The van der Waals surface area contributed by atoms with Gasteiger partial charge in [0.2, 0.25) is 11.8 Å². The maximum absolute atomic E-state index is 11.4. The molecule has 0 bridgehead atoms. The van der Waals surface area contributed by atoms with Gasteiger partial charge in [0, 0.05) is 12.4 Å². The average molecular weight is 251 g/mol. The lowest BCUT2D eigenvalue weighted by Gasteiger charge is -2.05. The highest BCUT2D eigenvalue weighted by molar-refractivity contribution is 5.87. The molecule has 3 N–H and O–H groups in total. The number of rotatable bonds is 6. The summed E-state index contributed by atoms with van der Waals surface area (Å²) in [5, 5.41) is 12.8. The second kappa shape index (κ2) is 7.00. The van der Waals surface area contributed by atoms with Gasteiger partial charge in [0.25, 0.3) is 0 Å². The van der Waals surface area contributed by atoms with Gasteiger partial charge in [-0.15, -0.1) is 0 Å². The van der Waals surface area contributed by atoms with Crippen molar-refractivity contribution in [3.8, 4) is 0 Å². The van der Waals surface area contributed by atoms with E-state index < -0.39 is 18.4 Å². The van der Waals surface area contributed by atoms with Crippen LogP contribution in [-0.4, -0.2) is 41.0 Å². The molecular formula is C11H13N3O4. The van der Waals surface area contributed by atoms with Gasteiger partial charge in [-0.2, -0.15) is 0 Å². The Morgan fingerprint density at radius 1 is 1.17 bits per heavy atom. The molecule has 0 fully saturated rings. The first-order chi connectivity index (χ1) is 8.58. The zero-order valence-corrected chi connectivity index (χ0v) is 9.55. The Labute approximate surface area is 103 Å². The monoisotopic (exact) mass is 251 g/mol. The van der Waals surface area contributed by atoms with Gasteiger partial charge in [-0.05, 0) is 11.6 Å². The fourth-order valence-corrected chi connectivity index (χ4v) is 1.17. The van der Waals surface area contributed by atoms with Gasteiger partial charge < -0.3 is 15.7 Å². The molecule has 0 atom stereocenters. The highest BCUT2D eigenvalue weighted by Crippen LogP contribution is 1.96. The van der Waals surface area contributed by atoms with Gasteiger partial charge in [-0.25, -0.2) is 0 Å². The third-order valence-corrected chi connectivity index (χ3v) is 1.97. The lowest BCUT2D eigenvalue weighted by atomic mass is 10.2. The number of aliphatic carboxylic acids is 1.